The van der Waals surface area contributed by atoms with E-state index >= 15 is 0 Å². The number of carboxylic acid groups (broad SMARTS) is 2. The third kappa shape index (κ3) is 8.95. The van der Waals surface area contributed by atoms with Crippen LogP contribution in [0.1, 0.15) is 33.4 Å². The molecule has 0 atom stereocenters. The topological polar surface area (TPSA) is 125 Å². The molecule has 0 radical (unpaired) electrons. The molecule has 5 aromatic rings. The van der Waals surface area contributed by atoms with Crippen molar-refractivity contribution in [3.05, 3.63) is 172 Å². The van der Waals surface area contributed by atoms with Crippen LogP contribution in [0.3, 0.4) is 0 Å². The second-order valence-corrected chi connectivity index (χ2v) is 10.8. The molecule has 0 heterocycles. The lowest BCUT2D eigenvalue weighted by molar-refractivity contribution is -0.133. The molecule has 5 aromatic carbocycles. The van der Waals surface area contributed by atoms with Gasteiger partial charge in [0.1, 0.15) is 23.3 Å². The second-order valence-electron chi connectivity index (χ2n) is 10.8. The van der Waals surface area contributed by atoms with Gasteiger partial charge in [0.05, 0.1) is 0 Å². The first kappa shape index (κ1) is 33.2. The Bertz CT molecular complexity index is 2010. The van der Waals surface area contributed by atoms with E-state index in [0.717, 1.165) is 39.3 Å². The third-order valence-electron chi connectivity index (χ3n) is 7.45. The molecule has 0 saturated heterocycles. The van der Waals surface area contributed by atoms with Crippen molar-refractivity contribution in [2.45, 2.75) is 0 Å². The number of nitrogens with zero attached hydrogens (tertiary/aromatic N) is 3. The van der Waals surface area contributed by atoms with Crippen molar-refractivity contribution in [3.63, 3.8) is 0 Å². The number of carbonyl (C=O) groups is 2. The van der Waals surface area contributed by atoms with Gasteiger partial charge in [-0.2, -0.15) is 10.5 Å². The van der Waals surface area contributed by atoms with Crippen LogP contribution in [0.4, 0.5) is 17.1 Å². The Morgan fingerprint density at radius 3 is 1.04 bits per heavy atom. The van der Waals surface area contributed by atoms with E-state index in [2.05, 4.69) is 41.3 Å². The van der Waals surface area contributed by atoms with E-state index in [0.29, 0.717) is 11.1 Å². The van der Waals surface area contributed by atoms with Crippen LogP contribution in [-0.2, 0) is 9.59 Å². The first-order valence-electron chi connectivity index (χ1n) is 15.1. The minimum Gasteiger partial charge on any atom is -0.477 e. The number of rotatable bonds is 11. The van der Waals surface area contributed by atoms with E-state index in [1.807, 2.05) is 91.0 Å². The molecule has 0 aliphatic heterocycles. The van der Waals surface area contributed by atoms with Crippen LogP contribution in [-0.4, -0.2) is 22.2 Å². The molecule has 5 rings (SSSR count). The lowest BCUT2D eigenvalue weighted by Gasteiger charge is -2.25. The van der Waals surface area contributed by atoms with Crippen molar-refractivity contribution in [1.29, 1.82) is 10.5 Å². The fourth-order valence-corrected chi connectivity index (χ4v) is 4.90. The van der Waals surface area contributed by atoms with Gasteiger partial charge in [0, 0.05) is 17.1 Å². The van der Waals surface area contributed by atoms with Gasteiger partial charge in [-0.1, -0.05) is 115 Å². The van der Waals surface area contributed by atoms with Gasteiger partial charge in [0.2, 0.25) is 0 Å². The molecule has 2 N–H and O–H groups in total. The summed E-state index contributed by atoms with van der Waals surface area (Å²) < 4.78 is 0. The van der Waals surface area contributed by atoms with Crippen molar-refractivity contribution >= 4 is 65.5 Å². The van der Waals surface area contributed by atoms with Gasteiger partial charge < -0.3 is 15.1 Å². The minimum absolute atomic E-state index is 0.313. The minimum atomic E-state index is -1.25. The molecule has 0 aliphatic rings. The Labute approximate surface area is 284 Å². The molecule has 0 bridgehead atoms. The molecule has 7 heteroatoms. The number of nitriles is 2. The normalized spacial score (nSPS) is 11.6. The molecule has 0 unspecified atom stereocenters. The van der Waals surface area contributed by atoms with Crippen LogP contribution in [0.15, 0.2) is 139 Å². The van der Waals surface area contributed by atoms with Gasteiger partial charge in [0.15, 0.2) is 0 Å². The van der Waals surface area contributed by atoms with E-state index in [9.17, 15) is 9.59 Å². The maximum absolute atomic E-state index is 11.1. The van der Waals surface area contributed by atoms with Gasteiger partial charge in [-0.3, -0.25) is 0 Å². The summed E-state index contributed by atoms with van der Waals surface area (Å²) in [5.74, 6) is -2.50. The summed E-state index contributed by atoms with van der Waals surface area (Å²) >= 11 is 0. The van der Waals surface area contributed by atoms with Crippen LogP contribution < -0.4 is 4.90 Å². The molecule has 0 aliphatic carbocycles. The smallest absolute Gasteiger partial charge is 0.346 e. The SMILES string of the molecule is N#C/C(=C\c1ccc(/C=C/c2ccc(N(c3ccccc3)c3ccc(/C=C/c4ccc(/C=C(\C#N)C(=O)O)cc4)cc3)cc2)cc1)C(=O)O. The van der Waals surface area contributed by atoms with Crippen molar-refractivity contribution < 1.29 is 19.8 Å². The molecule has 49 heavy (non-hydrogen) atoms. The Hall–Kier alpha value is -7.22. The molecular formula is C42H29N3O4. The maximum atomic E-state index is 11.1. The van der Waals surface area contributed by atoms with Crippen LogP contribution >= 0.6 is 0 Å². The summed E-state index contributed by atoms with van der Waals surface area (Å²) in [7, 11) is 0. The number of anilines is 3. The fraction of sp³-hybridized carbons (Fsp3) is 0. The molecule has 0 amide bonds. The van der Waals surface area contributed by atoms with Gasteiger partial charge >= 0.3 is 11.9 Å². The standard InChI is InChI=1S/C42H29N3O4/c43-28-36(41(46)47)26-34-14-10-30(11-15-34)6-8-32-18-22-39(23-19-32)45(38-4-2-1-3-5-38)40-24-20-33(21-25-40)9-7-31-12-16-35(17-13-31)27-37(29-44)42(48)49/h1-27H,(H,46,47)(H,48,49)/b8-6+,9-7+,36-26+,37-27+. The summed E-state index contributed by atoms with van der Waals surface area (Å²) in [6, 6.07) is 44.5. The van der Waals surface area contributed by atoms with E-state index in [4.69, 9.17) is 20.7 Å². The zero-order valence-corrected chi connectivity index (χ0v) is 26.1. The molecule has 0 spiro atoms. The molecule has 0 fully saturated rings. The highest BCUT2D eigenvalue weighted by Crippen LogP contribution is 2.34. The maximum Gasteiger partial charge on any atom is 0.346 e. The first-order valence-corrected chi connectivity index (χ1v) is 15.1. The predicted molar refractivity (Wildman–Crippen MR) is 194 cm³/mol. The lowest BCUT2D eigenvalue weighted by Crippen LogP contribution is -2.09. The largest absolute Gasteiger partial charge is 0.477 e. The fourth-order valence-electron chi connectivity index (χ4n) is 4.90. The zero-order chi connectivity index (χ0) is 34.6. The van der Waals surface area contributed by atoms with E-state index in [-0.39, 0.29) is 11.1 Å². The number of benzene rings is 5. The number of hydrogen-bond acceptors (Lipinski definition) is 5. The molecule has 7 nitrogen and oxygen atoms in total. The summed E-state index contributed by atoms with van der Waals surface area (Å²) in [6.07, 6.45) is 10.6. The van der Waals surface area contributed by atoms with Crippen LogP contribution in [0.2, 0.25) is 0 Å². The number of para-hydroxylation sites is 1. The predicted octanol–water partition coefficient (Wildman–Crippen LogP) is 9.48. The summed E-state index contributed by atoms with van der Waals surface area (Å²) in [4.78, 5) is 24.4. The van der Waals surface area contributed by atoms with Crippen molar-refractivity contribution in [2.75, 3.05) is 4.90 Å². The van der Waals surface area contributed by atoms with E-state index in [1.54, 1.807) is 36.4 Å². The lowest BCUT2D eigenvalue weighted by atomic mass is 10.1. The number of aliphatic carboxylic acids is 2. The summed E-state index contributed by atoms with van der Waals surface area (Å²) in [6.45, 7) is 0. The van der Waals surface area contributed by atoms with Crippen molar-refractivity contribution in [2.24, 2.45) is 0 Å². The molecular weight excluding hydrogens is 610 g/mol. The quantitative estimate of drug-likeness (QED) is 0.0837. The van der Waals surface area contributed by atoms with E-state index < -0.39 is 11.9 Å². The van der Waals surface area contributed by atoms with Gasteiger partial charge in [0.25, 0.3) is 0 Å². The van der Waals surface area contributed by atoms with Crippen LogP contribution in [0, 0.1) is 22.7 Å². The zero-order valence-electron chi connectivity index (χ0n) is 26.1. The first-order chi connectivity index (χ1) is 23.8. The van der Waals surface area contributed by atoms with Gasteiger partial charge in [-0.15, -0.1) is 0 Å². The Balaban J connectivity index is 1.31. The average molecular weight is 640 g/mol. The second kappa shape index (κ2) is 15.9. The Kier molecular flexibility index (Phi) is 10.7. The Morgan fingerprint density at radius 2 is 0.735 bits per heavy atom. The van der Waals surface area contributed by atoms with Crippen LogP contribution in [0.25, 0.3) is 36.5 Å². The average Bonchev–Trinajstić information content (AvgIpc) is 3.13. The monoisotopic (exact) mass is 639 g/mol. The molecule has 0 saturated carbocycles. The molecule has 236 valence electrons. The Morgan fingerprint density at radius 1 is 0.449 bits per heavy atom. The third-order valence-corrected chi connectivity index (χ3v) is 7.45. The summed E-state index contributed by atoms with van der Waals surface area (Å²) in [5, 5.41) is 36.1. The highest BCUT2D eigenvalue weighted by Gasteiger charge is 2.12. The van der Waals surface area contributed by atoms with Gasteiger partial charge in [-0.05, 0) is 81.9 Å². The summed E-state index contributed by atoms with van der Waals surface area (Å²) in [5.41, 5.74) is 7.55. The highest BCUT2D eigenvalue weighted by atomic mass is 16.4. The number of hydrogen-bond donors (Lipinski definition) is 2. The van der Waals surface area contributed by atoms with Crippen molar-refractivity contribution in [1.82, 2.24) is 0 Å². The molecule has 0 aromatic heterocycles. The highest BCUT2D eigenvalue weighted by molar-refractivity contribution is 5.97. The van der Waals surface area contributed by atoms with Gasteiger partial charge in [-0.25, -0.2) is 9.59 Å². The van der Waals surface area contributed by atoms with Crippen LogP contribution in [0.5, 0.6) is 0 Å². The van der Waals surface area contributed by atoms with E-state index in [1.165, 1.54) is 12.2 Å². The van der Waals surface area contributed by atoms with Crippen molar-refractivity contribution in [3.8, 4) is 12.1 Å². The number of carboxylic acids is 2.